The van der Waals surface area contributed by atoms with Gasteiger partial charge in [0.15, 0.2) is 0 Å². The van der Waals surface area contributed by atoms with Gasteiger partial charge < -0.3 is 0 Å². The van der Waals surface area contributed by atoms with Gasteiger partial charge in [-0.25, -0.2) is 0 Å². The maximum absolute atomic E-state index is 2.65. The Balaban J connectivity index is 1.45. The molecule has 5 heteroatoms. The molecular weight excluding hydrogens is 805 g/mol. The largest absolute Gasteiger partial charge is 0.143 e. The molecule has 0 amide bonds. The molecule has 0 N–H and O–H groups in total. The van der Waals surface area contributed by atoms with E-state index >= 15 is 0 Å². The lowest BCUT2D eigenvalue weighted by molar-refractivity contribution is 0.550. The fourth-order valence-electron chi connectivity index (χ4n) is 9.56. The topological polar surface area (TPSA) is 0 Å². The van der Waals surface area contributed by atoms with Crippen LogP contribution in [-0.2, 0) is 12.8 Å². The molecule has 0 nitrogen and oxygen atoms in total. The van der Waals surface area contributed by atoms with Gasteiger partial charge in [-0.3, -0.25) is 0 Å². The van der Waals surface area contributed by atoms with Gasteiger partial charge in [-0.15, -0.1) is 45.3 Å². The second kappa shape index (κ2) is 33.1. The summed E-state index contributed by atoms with van der Waals surface area (Å²) in [7, 11) is -1.12. The van der Waals surface area contributed by atoms with Crippen LogP contribution in [0.4, 0.5) is 0 Å². The van der Waals surface area contributed by atoms with E-state index in [1.54, 1.807) is 39.7 Å². The molecule has 4 rings (SSSR count). The molecule has 4 aromatic heterocycles. The van der Waals surface area contributed by atoms with E-state index in [2.05, 4.69) is 78.5 Å². The summed E-state index contributed by atoms with van der Waals surface area (Å²) < 4.78 is 6.64. The standard InChI is InChI=1S/C54H92S4Si/c1-5-9-13-17-21-23-25-27-29-31-35-39-46-44-55-48-43-49(57-50(46)48)52-54(59(41-37-33-19-15-11-7-3)42-38-34-20-16-12-8-4)53-51(58-52)47(45-56-53)40-36-32-30-28-26-24-22-18-14-10-6-2/h43-45,59H,5-42H2,1-4H3. The molecule has 0 unspecified atom stereocenters. The van der Waals surface area contributed by atoms with Gasteiger partial charge in [0.25, 0.3) is 0 Å². The van der Waals surface area contributed by atoms with E-state index in [0.29, 0.717) is 0 Å². The zero-order valence-electron chi connectivity index (χ0n) is 39.3. The number of hydrogen-bond donors (Lipinski definition) is 0. The molecule has 0 atom stereocenters. The summed E-state index contributed by atoms with van der Waals surface area (Å²) >= 11 is 8.62. The van der Waals surface area contributed by atoms with Gasteiger partial charge >= 0.3 is 0 Å². The molecule has 0 spiro atoms. The van der Waals surface area contributed by atoms with E-state index in [-0.39, 0.29) is 0 Å². The van der Waals surface area contributed by atoms with Crippen LogP contribution in [0.1, 0.15) is 257 Å². The first-order valence-corrected chi connectivity index (χ1v) is 31.8. The van der Waals surface area contributed by atoms with Crippen LogP contribution in [-0.4, -0.2) is 8.80 Å². The first-order valence-electron chi connectivity index (χ1n) is 26.2. The van der Waals surface area contributed by atoms with E-state index in [1.165, 1.54) is 243 Å². The Morgan fingerprint density at radius 1 is 0.373 bits per heavy atom. The highest BCUT2D eigenvalue weighted by atomic mass is 32.1. The summed E-state index contributed by atoms with van der Waals surface area (Å²) in [6.45, 7) is 9.36. The molecule has 0 aromatic carbocycles. The predicted molar refractivity (Wildman–Crippen MR) is 282 cm³/mol. The third kappa shape index (κ3) is 19.4. The normalized spacial score (nSPS) is 12.1. The van der Waals surface area contributed by atoms with Crippen molar-refractivity contribution in [3.63, 3.8) is 0 Å². The lowest BCUT2D eigenvalue weighted by atomic mass is 10.0. The van der Waals surface area contributed by atoms with Crippen molar-refractivity contribution < 1.29 is 0 Å². The third-order valence-electron chi connectivity index (χ3n) is 13.4. The Labute approximate surface area is 384 Å². The molecule has 4 heterocycles. The zero-order chi connectivity index (χ0) is 41.6. The lowest BCUT2D eigenvalue weighted by Crippen LogP contribution is -2.30. The minimum atomic E-state index is -1.12. The van der Waals surface area contributed by atoms with Gasteiger partial charge in [-0.1, -0.05) is 245 Å². The molecule has 0 aliphatic rings. The van der Waals surface area contributed by atoms with E-state index in [9.17, 15) is 0 Å². The maximum Gasteiger partial charge on any atom is 0.0746 e. The number of aryl methyl sites for hydroxylation is 2. The number of thiophene rings is 4. The molecule has 336 valence electrons. The van der Waals surface area contributed by atoms with Crippen LogP contribution in [0.2, 0.25) is 12.1 Å². The van der Waals surface area contributed by atoms with Gasteiger partial charge in [-0.2, -0.15) is 0 Å². The van der Waals surface area contributed by atoms with Gasteiger partial charge in [0.1, 0.15) is 0 Å². The third-order valence-corrected chi connectivity index (χ3v) is 22.4. The minimum absolute atomic E-state index is 1.12. The van der Waals surface area contributed by atoms with Gasteiger partial charge in [0, 0.05) is 28.6 Å². The van der Waals surface area contributed by atoms with Crippen LogP contribution in [0.25, 0.3) is 28.6 Å². The molecule has 0 saturated heterocycles. The number of hydrogen-bond acceptors (Lipinski definition) is 4. The highest BCUT2D eigenvalue weighted by Gasteiger charge is 2.27. The van der Waals surface area contributed by atoms with Gasteiger partial charge in [0.2, 0.25) is 0 Å². The monoisotopic (exact) mass is 897 g/mol. The molecule has 59 heavy (non-hydrogen) atoms. The van der Waals surface area contributed by atoms with Crippen molar-refractivity contribution >= 4 is 78.1 Å². The number of fused-ring (bicyclic) bond motifs is 2. The van der Waals surface area contributed by atoms with Crippen LogP contribution < -0.4 is 5.19 Å². The van der Waals surface area contributed by atoms with E-state index in [4.69, 9.17) is 0 Å². The fraction of sp³-hybridized carbons (Fsp3) is 0.778. The molecule has 0 bridgehead atoms. The van der Waals surface area contributed by atoms with Crippen LogP contribution in [0, 0.1) is 0 Å². The number of unbranched alkanes of at least 4 members (excludes halogenated alkanes) is 30. The summed E-state index contributed by atoms with van der Waals surface area (Å²) in [5.74, 6) is 0. The van der Waals surface area contributed by atoms with Crippen molar-refractivity contribution in [3.05, 3.63) is 28.0 Å². The molecule has 0 aliphatic carbocycles. The predicted octanol–water partition coefficient (Wildman–Crippen LogP) is 20.8. The Kier molecular flexibility index (Phi) is 28.7. The van der Waals surface area contributed by atoms with Crippen molar-refractivity contribution in [2.24, 2.45) is 0 Å². The van der Waals surface area contributed by atoms with Crippen molar-refractivity contribution in [2.75, 3.05) is 0 Å². The molecule has 0 aliphatic heterocycles. The van der Waals surface area contributed by atoms with Crippen LogP contribution in [0.15, 0.2) is 16.8 Å². The maximum atomic E-state index is 2.65. The SMILES string of the molecule is CCCCCCCCCCCCCc1csc2cc(-c3sc4c(CCCCCCCCCCCCC)csc4c3[SiH](CCCCCCCC)CCCCCCCC)sc12. The average Bonchev–Trinajstić information content (AvgIpc) is 4.03. The highest BCUT2D eigenvalue weighted by Crippen LogP contribution is 2.45. The molecule has 0 radical (unpaired) electrons. The highest BCUT2D eigenvalue weighted by molar-refractivity contribution is 7.35. The van der Waals surface area contributed by atoms with E-state index in [0.717, 1.165) is 0 Å². The van der Waals surface area contributed by atoms with Gasteiger partial charge in [0.05, 0.1) is 8.80 Å². The van der Waals surface area contributed by atoms with E-state index in [1.807, 2.05) is 16.5 Å². The molecule has 0 fully saturated rings. The Morgan fingerprint density at radius 2 is 0.746 bits per heavy atom. The smallest absolute Gasteiger partial charge is 0.0746 e. The van der Waals surface area contributed by atoms with Crippen molar-refractivity contribution in [3.8, 4) is 9.75 Å². The Morgan fingerprint density at radius 3 is 1.19 bits per heavy atom. The molecule has 4 aromatic rings. The minimum Gasteiger partial charge on any atom is -0.143 e. The molecule has 0 saturated carbocycles. The summed E-state index contributed by atoms with van der Waals surface area (Å²) in [5.41, 5.74) is 3.35. The first-order chi connectivity index (χ1) is 29.2. The van der Waals surface area contributed by atoms with Crippen LogP contribution >= 0.6 is 45.3 Å². The van der Waals surface area contributed by atoms with Gasteiger partial charge in [-0.05, 0) is 58.8 Å². The summed E-state index contributed by atoms with van der Waals surface area (Å²) in [4.78, 5) is 3.36. The summed E-state index contributed by atoms with van der Waals surface area (Å²) in [6.07, 6.45) is 51.1. The lowest BCUT2D eigenvalue weighted by Gasteiger charge is -2.17. The Hall–Kier alpha value is -0.463. The van der Waals surface area contributed by atoms with Crippen molar-refractivity contribution in [1.82, 2.24) is 0 Å². The van der Waals surface area contributed by atoms with Crippen LogP contribution in [0.3, 0.4) is 0 Å². The van der Waals surface area contributed by atoms with Crippen molar-refractivity contribution in [1.29, 1.82) is 0 Å². The quantitative estimate of drug-likeness (QED) is 0.0308. The number of rotatable bonds is 40. The summed E-state index contributed by atoms with van der Waals surface area (Å²) in [5, 5.41) is 7.06. The van der Waals surface area contributed by atoms with Crippen LogP contribution in [0.5, 0.6) is 0 Å². The molecular formula is C54H92S4Si. The zero-order valence-corrected chi connectivity index (χ0v) is 43.7. The second-order valence-corrected chi connectivity index (χ2v) is 25.7. The average molecular weight is 898 g/mol. The summed E-state index contributed by atoms with van der Waals surface area (Å²) in [6, 6.07) is 5.70. The van der Waals surface area contributed by atoms with Crippen molar-refractivity contribution in [2.45, 2.75) is 271 Å². The Bertz CT molecular complexity index is 1550. The van der Waals surface area contributed by atoms with E-state index < -0.39 is 8.80 Å². The fourth-order valence-corrected chi connectivity index (χ4v) is 19.7. The first kappa shape index (κ1) is 51.2. The second-order valence-electron chi connectivity index (χ2n) is 18.7.